The molecule has 108 valence electrons. The van der Waals surface area contributed by atoms with Crippen LogP contribution in [0.3, 0.4) is 0 Å². The zero-order valence-electron chi connectivity index (χ0n) is 11.6. The Labute approximate surface area is 135 Å². The first-order chi connectivity index (χ1) is 9.99. The zero-order chi connectivity index (χ0) is 15.1. The molecule has 0 atom stereocenters. The fraction of sp³-hybridized carbons (Fsp3) is 0.286. The van der Waals surface area contributed by atoms with E-state index in [-0.39, 0.29) is 24.4 Å². The number of hydrogen-bond acceptors (Lipinski definition) is 4. The van der Waals surface area contributed by atoms with Crippen molar-refractivity contribution < 1.29 is 9.59 Å². The number of amides is 2. The van der Waals surface area contributed by atoms with E-state index in [9.17, 15) is 9.59 Å². The fourth-order valence-corrected chi connectivity index (χ4v) is 2.86. The number of halogens is 1. The van der Waals surface area contributed by atoms with Gasteiger partial charge in [-0.2, -0.15) is 5.10 Å². The first-order valence-electron chi connectivity index (χ1n) is 6.53. The lowest BCUT2D eigenvalue weighted by Crippen LogP contribution is -2.30. The summed E-state index contributed by atoms with van der Waals surface area (Å²) in [5.41, 5.74) is 0.915. The molecule has 1 aliphatic heterocycles. The molecule has 2 amide bonds. The molecule has 1 aromatic heterocycles. The predicted molar refractivity (Wildman–Crippen MR) is 83.8 cm³/mol. The number of carbonyl (C=O) groups is 2. The molecule has 0 bridgehead atoms. The van der Waals surface area contributed by atoms with Crippen molar-refractivity contribution in [2.75, 3.05) is 0 Å². The van der Waals surface area contributed by atoms with Crippen molar-refractivity contribution in [3.8, 4) is 0 Å². The van der Waals surface area contributed by atoms with Gasteiger partial charge in [0.2, 0.25) is 0 Å². The lowest BCUT2D eigenvalue weighted by Gasteiger charge is -2.15. The summed E-state index contributed by atoms with van der Waals surface area (Å²) < 4.78 is 2.65. The maximum atomic E-state index is 12.4. The molecule has 3 rings (SSSR count). The fourth-order valence-electron chi connectivity index (χ4n) is 2.37. The Bertz CT molecular complexity index is 738. The van der Waals surface area contributed by atoms with E-state index in [2.05, 4.69) is 32.7 Å². The Morgan fingerprint density at radius 1 is 1.19 bits per heavy atom. The monoisotopic (exact) mass is 396 g/mol. The van der Waals surface area contributed by atoms with Crippen LogP contribution < -0.4 is 0 Å². The van der Waals surface area contributed by atoms with Gasteiger partial charge in [-0.3, -0.25) is 14.5 Å². The van der Waals surface area contributed by atoms with E-state index in [1.54, 1.807) is 16.8 Å². The summed E-state index contributed by atoms with van der Waals surface area (Å²) in [5, 5.41) is 4.13. The van der Waals surface area contributed by atoms with Gasteiger partial charge in [0, 0.05) is 9.61 Å². The Morgan fingerprint density at radius 3 is 2.62 bits per heavy atom. The SMILES string of the molecule is CC(C)n1ncnc1CN1C(=O)c2ccc(I)cc2C1=O. The summed E-state index contributed by atoms with van der Waals surface area (Å²) in [6, 6.07) is 5.39. The van der Waals surface area contributed by atoms with Crippen molar-refractivity contribution >= 4 is 34.4 Å². The summed E-state index contributed by atoms with van der Waals surface area (Å²) in [5.74, 6) is 0.0609. The Kier molecular flexibility index (Phi) is 3.52. The first-order valence-corrected chi connectivity index (χ1v) is 7.61. The van der Waals surface area contributed by atoms with Crippen LogP contribution in [0.25, 0.3) is 0 Å². The van der Waals surface area contributed by atoms with Gasteiger partial charge in [-0.1, -0.05) is 0 Å². The Morgan fingerprint density at radius 2 is 1.90 bits per heavy atom. The lowest BCUT2D eigenvalue weighted by molar-refractivity contribution is 0.0635. The molecule has 0 unspecified atom stereocenters. The molecule has 2 heterocycles. The molecule has 2 aromatic rings. The number of imide groups is 1. The molecule has 1 aromatic carbocycles. The number of benzene rings is 1. The van der Waals surface area contributed by atoms with E-state index >= 15 is 0 Å². The molecular formula is C14H13IN4O2. The standard InChI is InChI=1S/C14H13IN4O2/c1-8(2)19-12(16-7-17-19)6-18-13(20)10-4-3-9(15)5-11(10)14(18)21/h3-5,7-8H,6H2,1-2H3. The minimum Gasteiger partial charge on any atom is -0.269 e. The van der Waals surface area contributed by atoms with E-state index in [0.29, 0.717) is 17.0 Å². The number of hydrogen-bond donors (Lipinski definition) is 0. The van der Waals surface area contributed by atoms with E-state index in [0.717, 1.165) is 3.57 Å². The maximum absolute atomic E-state index is 12.4. The summed E-state index contributed by atoms with van der Waals surface area (Å²) in [7, 11) is 0. The van der Waals surface area contributed by atoms with Crippen LogP contribution in [0.2, 0.25) is 0 Å². The number of nitrogens with zero attached hydrogens (tertiary/aromatic N) is 4. The van der Waals surface area contributed by atoms with Crippen molar-refractivity contribution in [3.63, 3.8) is 0 Å². The average molecular weight is 396 g/mol. The maximum Gasteiger partial charge on any atom is 0.262 e. The van der Waals surface area contributed by atoms with Gasteiger partial charge in [0.05, 0.1) is 17.7 Å². The molecule has 0 fully saturated rings. The van der Waals surface area contributed by atoms with Crippen LogP contribution in [0.4, 0.5) is 0 Å². The molecule has 0 spiro atoms. The quantitative estimate of drug-likeness (QED) is 0.590. The normalized spacial score (nSPS) is 14.2. The summed E-state index contributed by atoms with van der Waals surface area (Å²) in [6.07, 6.45) is 1.44. The number of rotatable bonds is 3. The highest BCUT2D eigenvalue weighted by Crippen LogP contribution is 2.26. The molecule has 0 aliphatic carbocycles. The van der Waals surface area contributed by atoms with Gasteiger partial charge in [0.1, 0.15) is 12.2 Å². The molecule has 0 saturated carbocycles. The van der Waals surface area contributed by atoms with E-state index < -0.39 is 0 Å². The molecule has 1 aliphatic rings. The van der Waals surface area contributed by atoms with Crippen LogP contribution in [-0.4, -0.2) is 31.5 Å². The minimum absolute atomic E-state index is 0.124. The molecular weight excluding hydrogens is 383 g/mol. The number of carbonyl (C=O) groups excluding carboxylic acids is 2. The topological polar surface area (TPSA) is 68.1 Å². The van der Waals surface area contributed by atoms with Crippen LogP contribution >= 0.6 is 22.6 Å². The Hall–Kier alpha value is -1.77. The molecule has 21 heavy (non-hydrogen) atoms. The largest absolute Gasteiger partial charge is 0.269 e. The van der Waals surface area contributed by atoms with Crippen LogP contribution in [0, 0.1) is 3.57 Å². The second-order valence-corrected chi connectivity index (χ2v) is 6.35. The van der Waals surface area contributed by atoms with Crippen molar-refractivity contribution in [1.82, 2.24) is 19.7 Å². The van der Waals surface area contributed by atoms with Gasteiger partial charge in [-0.25, -0.2) is 9.67 Å². The highest BCUT2D eigenvalue weighted by molar-refractivity contribution is 14.1. The van der Waals surface area contributed by atoms with Crippen LogP contribution in [0.5, 0.6) is 0 Å². The predicted octanol–water partition coefficient (Wildman–Crippen LogP) is 2.26. The van der Waals surface area contributed by atoms with Crippen LogP contribution in [0.1, 0.15) is 46.4 Å². The lowest BCUT2D eigenvalue weighted by atomic mass is 10.1. The van der Waals surface area contributed by atoms with Crippen molar-refractivity contribution in [3.05, 3.63) is 45.0 Å². The van der Waals surface area contributed by atoms with Crippen LogP contribution in [0.15, 0.2) is 24.5 Å². The van der Waals surface area contributed by atoms with Gasteiger partial charge in [0.15, 0.2) is 0 Å². The third kappa shape index (κ3) is 2.35. The van der Waals surface area contributed by atoms with E-state index in [1.807, 2.05) is 19.9 Å². The highest BCUT2D eigenvalue weighted by atomic mass is 127. The minimum atomic E-state index is -0.273. The van der Waals surface area contributed by atoms with Gasteiger partial charge in [-0.15, -0.1) is 0 Å². The van der Waals surface area contributed by atoms with Gasteiger partial charge in [-0.05, 0) is 54.6 Å². The zero-order valence-corrected chi connectivity index (χ0v) is 13.7. The number of fused-ring (bicyclic) bond motifs is 1. The molecule has 6 nitrogen and oxygen atoms in total. The van der Waals surface area contributed by atoms with E-state index in [1.165, 1.54) is 11.2 Å². The van der Waals surface area contributed by atoms with Gasteiger partial charge < -0.3 is 0 Å². The third-order valence-corrected chi connectivity index (χ3v) is 4.04. The summed E-state index contributed by atoms with van der Waals surface area (Å²) in [4.78, 5) is 30.2. The molecule has 0 N–H and O–H groups in total. The van der Waals surface area contributed by atoms with Gasteiger partial charge in [0.25, 0.3) is 11.8 Å². The van der Waals surface area contributed by atoms with Crippen molar-refractivity contribution in [2.24, 2.45) is 0 Å². The smallest absolute Gasteiger partial charge is 0.262 e. The first kappa shape index (κ1) is 14.2. The van der Waals surface area contributed by atoms with Crippen molar-refractivity contribution in [1.29, 1.82) is 0 Å². The molecule has 7 heteroatoms. The molecule has 0 radical (unpaired) electrons. The summed E-state index contributed by atoms with van der Waals surface area (Å²) in [6.45, 7) is 4.09. The number of aromatic nitrogens is 3. The summed E-state index contributed by atoms with van der Waals surface area (Å²) >= 11 is 2.13. The van der Waals surface area contributed by atoms with Crippen molar-refractivity contribution in [2.45, 2.75) is 26.4 Å². The Balaban J connectivity index is 1.93. The average Bonchev–Trinajstić information content (AvgIpc) is 2.99. The highest BCUT2D eigenvalue weighted by Gasteiger charge is 2.36. The van der Waals surface area contributed by atoms with Gasteiger partial charge >= 0.3 is 0 Å². The second-order valence-electron chi connectivity index (χ2n) is 5.10. The molecule has 0 saturated heterocycles. The second kappa shape index (κ2) is 5.21. The van der Waals surface area contributed by atoms with Crippen LogP contribution in [-0.2, 0) is 6.54 Å². The third-order valence-electron chi connectivity index (χ3n) is 3.37. The van der Waals surface area contributed by atoms with E-state index in [4.69, 9.17) is 0 Å².